The van der Waals surface area contributed by atoms with Crippen LogP contribution < -0.4 is 20.7 Å². The van der Waals surface area contributed by atoms with Crippen molar-refractivity contribution in [2.45, 2.75) is 6.54 Å². The van der Waals surface area contributed by atoms with Crippen molar-refractivity contribution in [2.75, 3.05) is 25.6 Å². The Hall–Kier alpha value is -3.02. The van der Waals surface area contributed by atoms with Crippen molar-refractivity contribution in [1.29, 1.82) is 0 Å². The lowest BCUT2D eigenvalue weighted by molar-refractivity contribution is -0.119. The average Bonchev–Trinajstić information content (AvgIpc) is 2.58. The molecule has 2 aromatic rings. The molecule has 0 aromatic heterocycles. The fourth-order valence-corrected chi connectivity index (χ4v) is 2.08. The van der Waals surface area contributed by atoms with Gasteiger partial charge in [-0.2, -0.15) is 0 Å². The zero-order valence-electron chi connectivity index (χ0n) is 13.8. The molecule has 6 heteroatoms. The molecular formula is C18H21N3O3. The average molecular weight is 327 g/mol. The lowest BCUT2D eigenvalue weighted by Gasteiger charge is -2.13. The molecule has 0 bridgehead atoms. The second-order valence-corrected chi connectivity index (χ2v) is 5.53. The number of anilines is 1. The van der Waals surface area contributed by atoms with Gasteiger partial charge in [-0.15, -0.1) is 0 Å². The molecule has 24 heavy (non-hydrogen) atoms. The SMILES string of the molecule is CN(C)c1ccc(CNC(=O)c2cccc(OCC(N)=O)c2)cc1. The van der Waals surface area contributed by atoms with E-state index < -0.39 is 5.91 Å². The van der Waals surface area contributed by atoms with Crippen molar-refractivity contribution >= 4 is 17.5 Å². The number of primary amides is 1. The Balaban J connectivity index is 1.94. The van der Waals surface area contributed by atoms with Gasteiger partial charge in [-0.3, -0.25) is 9.59 Å². The van der Waals surface area contributed by atoms with Crippen LogP contribution in [-0.4, -0.2) is 32.5 Å². The first kappa shape index (κ1) is 17.3. The van der Waals surface area contributed by atoms with Gasteiger partial charge in [0.2, 0.25) is 0 Å². The third-order valence-corrected chi connectivity index (χ3v) is 3.38. The van der Waals surface area contributed by atoms with E-state index in [2.05, 4.69) is 5.32 Å². The smallest absolute Gasteiger partial charge is 0.255 e. The van der Waals surface area contributed by atoms with Gasteiger partial charge < -0.3 is 20.7 Å². The van der Waals surface area contributed by atoms with Crippen LogP contribution in [0, 0.1) is 0 Å². The molecule has 0 spiro atoms. The van der Waals surface area contributed by atoms with Crippen molar-refractivity contribution in [2.24, 2.45) is 5.73 Å². The Morgan fingerprint density at radius 1 is 1.12 bits per heavy atom. The number of carbonyl (C=O) groups excluding carboxylic acids is 2. The molecule has 0 fully saturated rings. The summed E-state index contributed by atoms with van der Waals surface area (Å²) < 4.78 is 5.20. The summed E-state index contributed by atoms with van der Waals surface area (Å²) in [6, 6.07) is 14.6. The van der Waals surface area contributed by atoms with Crippen LogP contribution in [-0.2, 0) is 11.3 Å². The first-order chi connectivity index (χ1) is 11.5. The number of ether oxygens (including phenoxy) is 1. The fraction of sp³-hybridized carbons (Fsp3) is 0.222. The summed E-state index contributed by atoms with van der Waals surface area (Å²) in [7, 11) is 3.95. The second-order valence-electron chi connectivity index (χ2n) is 5.53. The van der Waals surface area contributed by atoms with Crippen molar-refractivity contribution in [1.82, 2.24) is 5.32 Å². The van der Waals surface area contributed by atoms with E-state index in [1.54, 1.807) is 24.3 Å². The normalized spacial score (nSPS) is 10.1. The molecule has 0 aliphatic rings. The van der Waals surface area contributed by atoms with E-state index in [1.807, 2.05) is 43.3 Å². The summed E-state index contributed by atoms with van der Waals surface area (Å²) in [4.78, 5) is 25.0. The zero-order chi connectivity index (χ0) is 17.5. The number of hydrogen-bond donors (Lipinski definition) is 2. The van der Waals surface area contributed by atoms with E-state index in [4.69, 9.17) is 10.5 Å². The minimum atomic E-state index is -0.564. The van der Waals surface area contributed by atoms with Crippen molar-refractivity contribution in [3.8, 4) is 5.75 Å². The number of benzene rings is 2. The number of hydrogen-bond acceptors (Lipinski definition) is 4. The Labute approximate surface area is 141 Å². The molecule has 0 atom stereocenters. The van der Waals surface area contributed by atoms with Crippen LogP contribution >= 0.6 is 0 Å². The molecular weight excluding hydrogens is 306 g/mol. The standard InChI is InChI=1S/C18H21N3O3/c1-21(2)15-8-6-13(7-9-15)11-20-18(23)14-4-3-5-16(10-14)24-12-17(19)22/h3-10H,11-12H2,1-2H3,(H2,19,22)(H,20,23). The van der Waals surface area contributed by atoms with E-state index in [0.717, 1.165) is 11.3 Å². The van der Waals surface area contributed by atoms with E-state index in [9.17, 15) is 9.59 Å². The van der Waals surface area contributed by atoms with Crippen molar-refractivity contribution < 1.29 is 14.3 Å². The zero-order valence-corrected chi connectivity index (χ0v) is 13.8. The molecule has 0 aliphatic heterocycles. The molecule has 3 N–H and O–H groups in total. The van der Waals surface area contributed by atoms with Gasteiger partial charge in [0.15, 0.2) is 6.61 Å². The predicted octanol–water partition coefficient (Wildman–Crippen LogP) is 1.55. The summed E-state index contributed by atoms with van der Waals surface area (Å²) in [5, 5.41) is 2.86. The first-order valence-corrected chi connectivity index (χ1v) is 7.51. The van der Waals surface area contributed by atoms with Crippen LogP contribution in [0.1, 0.15) is 15.9 Å². The minimum Gasteiger partial charge on any atom is -0.484 e. The highest BCUT2D eigenvalue weighted by Gasteiger charge is 2.07. The molecule has 0 unspecified atom stereocenters. The predicted molar refractivity (Wildman–Crippen MR) is 93.1 cm³/mol. The highest BCUT2D eigenvalue weighted by Crippen LogP contribution is 2.14. The summed E-state index contributed by atoms with van der Waals surface area (Å²) in [5.74, 6) is -0.348. The van der Waals surface area contributed by atoms with Gasteiger partial charge in [0.25, 0.3) is 11.8 Å². The Kier molecular flexibility index (Phi) is 5.78. The summed E-state index contributed by atoms with van der Waals surface area (Å²) >= 11 is 0. The Morgan fingerprint density at radius 3 is 2.46 bits per heavy atom. The topological polar surface area (TPSA) is 84.7 Å². The number of nitrogens with one attached hydrogen (secondary N) is 1. The minimum absolute atomic E-state index is 0.212. The quantitative estimate of drug-likeness (QED) is 0.808. The van der Waals surface area contributed by atoms with Gasteiger partial charge in [-0.25, -0.2) is 0 Å². The molecule has 0 aliphatic carbocycles. The highest BCUT2D eigenvalue weighted by atomic mass is 16.5. The van der Waals surface area contributed by atoms with E-state index >= 15 is 0 Å². The molecule has 126 valence electrons. The monoisotopic (exact) mass is 327 g/mol. The molecule has 2 aromatic carbocycles. The van der Waals surface area contributed by atoms with Crippen LogP contribution in [0.15, 0.2) is 48.5 Å². The van der Waals surface area contributed by atoms with Gasteiger partial charge in [-0.1, -0.05) is 18.2 Å². The highest BCUT2D eigenvalue weighted by molar-refractivity contribution is 5.94. The molecule has 0 saturated carbocycles. The molecule has 2 amide bonds. The van der Waals surface area contributed by atoms with Crippen molar-refractivity contribution in [3.05, 3.63) is 59.7 Å². The van der Waals surface area contributed by atoms with Crippen molar-refractivity contribution in [3.63, 3.8) is 0 Å². The fourth-order valence-electron chi connectivity index (χ4n) is 2.08. The molecule has 0 saturated heterocycles. The molecule has 0 radical (unpaired) electrons. The van der Waals surface area contributed by atoms with Gasteiger partial charge in [0.1, 0.15) is 5.75 Å². The van der Waals surface area contributed by atoms with Gasteiger partial charge in [0, 0.05) is 31.9 Å². The van der Waals surface area contributed by atoms with Gasteiger partial charge in [-0.05, 0) is 35.9 Å². The van der Waals surface area contributed by atoms with Crippen LogP contribution in [0.25, 0.3) is 0 Å². The molecule has 2 rings (SSSR count). The number of rotatable bonds is 7. The van der Waals surface area contributed by atoms with E-state index in [0.29, 0.717) is 17.9 Å². The lowest BCUT2D eigenvalue weighted by Crippen LogP contribution is -2.23. The van der Waals surface area contributed by atoms with Gasteiger partial charge in [0.05, 0.1) is 0 Å². The maximum atomic E-state index is 12.2. The summed E-state index contributed by atoms with van der Waals surface area (Å²) in [5.41, 5.74) is 7.60. The van der Waals surface area contributed by atoms with E-state index in [1.165, 1.54) is 0 Å². The van der Waals surface area contributed by atoms with Gasteiger partial charge >= 0.3 is 0 Å². The molecule has 0 heterocycles. The number of amides is 2. The van der Waals surface area contributed by atoms with E-state index in [-0.39, 0.29) is 12.5 Å². The van der Waals surface area contributed by atoms with Crippen LogP contribution in [0.3, 0.4) is 0 Å². The lowest BCUT2D eigenvalue weighted by atomic mass is 10.1. The van der Waals surface area contributed by atoms with Crippen LogP contribution in [0.4, 0.5) is 5.69 Å². The number of carbonyl (C=O) groups is 2. The molecule has 6 nitrogen and oxygen atoms in total. The largest absolute Gasteiger partial charge is 0.484 e. The second kappa shape index (κ2) is 8.01. The Bertz CT molecular complexity index is 712. The maximum Gasteiger partial charge on any atom is 0.255 e. The summed E-state index contributed by atoms with van der Waals surface area (Å²) in [6.07, 6.45) is 0. The first-order valence-electron chi connectivity index (χ1n) is 7.51. The summed E-state index contributed by atoms with van der Waals surface area (Å²) in [6.45, 7) is 0.211. The maximum absolute atomic E-state index is 12.2. The third kappa shape index (κ3) is 5.01. The Morgan fingerprint density at radius 2 is 1.83 bits per heavy atom. The third-order valence-electron chi connectivity index (χ3n) is 3.38. The number of nitrogens with zero attached hydrogens (tertiary/aromatic N) is 1. The van der Waals surface area contributed by atoms with Crippen LogP contribution in [0.2, 0.25) is 0 Å². The number of nitrogens with two attached hydrogens (primary N) is 1. The van der Waals surface area contributed by atoms with Crippen LogP contribution in [0.5, 0.6) is 5.75 Å².